The smallest absolute Gasteiger partial charge is 0.161 e. The van der Waals surface area contributed by atoms with Crippen molar-refractivity contribution in [3.63, 3.8) is 0 Å². The van der Waals surface area contributed by atoms with E-state index >= 15 is 0 Å². The van der Waals surface area contributed by atoms with E-state index in [4.69, 9.17) is 14.2 Å². The monoisotopic (exact) mass is 354 g/mol. The summed E-state index contributed by atoms with van der Waals surface area (Å²) in [6.07, 6.45) is 0. The van der Waals surface area contributed by atoms with E-state index in [9.17, 15) is 0 Å². The summed E-state index contributed by atoms with van der Waals surface area (Å²) in [6, 6.07) is 12.6. The minimum absolute atomic E-state index is 0.773. The van der Waals surface area contributed by atoms with Crippen molar-refractivity contribution in [2.24, 2.45) is 0 Å². The van der Waals surface area contributed by atoms with Gasteiger partial charge in [0.25, 0.3) is 0 Å². The van der Waals surface area contributed by atoms with Crippen molar-refractivity contribution in [1.82, 2.24) is 4.90 Å². The summed E-state index contributed by atoms with van der Waals surface area (Å²) in [5.41, 5.74) is 3.65. The molecule has 0 N–H and O–H groups in total. The van der Waals surface area contributed by atoms with E-state index in [0.29, 0.717) is 0 Å². The largest absolute Gasteiger partial charge is 0.497 e. The van der Waals surface area contributed by atoms with Crippen LogP contribution in [0.1, 0.15) is 5.56 Å². The number of methoxy groups -OCH3 is 3. The Morgan fingerprint density at radius 1 is 0.808 bits per heavy atom. The molecular weight excluding hydrogens is 327 g/mol. The van der Waals surface area contributed by atoms with Crippen molar-refractivity contribution in [2.45, 2.75) is 6.54 Å². The van der Waals surface area contributed by atoms with E-state index in [1.54, 1.807) is 21.3 Å². The molecule has 0 amide bonds. The minimum Gasteiger partial charge on any atom is -0.497 e. The summed E-state index contributed by atoms with van der Waals surface area (Å²) in [7, 11) is 7.14. The zero-order valence-corrected chi connectivity index (χ0v) is 16.1. The number of anilines is 1. The van der Waals surface area contributed by atoms with Crippen LogP contribution in [0.2, 0.25) is 0 Å². The van der Waals surface area contributed by atoms with Gasteiger partial charge in [0.1, 0.15) is 13.6 Å². The molecule has 2 aromatic carbocycles. The molecule has 0 spiro atoms. The highest BCUT2D eigenvalue weighted by Gasteiger charge is 2.18. The van der Waals surface area contributed by atoms with Crippen LogP contribution in [-0.2, 0) is 6.54 Å². The normalized spacial score (nSPS) is 15.0. The summed E-state index contributed by atoms with van der Waals surface area (Å²) in [5, 5.41) is 0. The van der Waals surface area contributed by atoms with Gasteiger partial charge in [-0.2, -0.15) is 0 Å². The van der Waals surface area contributed by atoms with Crippen LogP contribution in [-0.4, -0.2) is 60.3 Å². The highest BCUT2D eigenvalue weighted by molar-refractivity contribution is 6.34. The first kappa shape index (κ1) is 18.5. The summed E-state index contributed by atoms with van der Waals surface area (Å²) in [6.45, 7) is 5.01. The van der Waals surface area contributed by atoms with E-state index in [0.717, 1.165) is 50.0 Å². The van der Waals surface area contributed by atoms with Crippen LogP contribution in [0.25, 0.3) is 0 Å². The van der Waals surface area contributed by atoms with Crippen molar-refractivity contribution in [3.05, 3.63) is 42.0 Å². The lowest BCUT2D eigenvalue weighted by atomic mass is 9.94. The van der Waals surface area contributed by atoms with E-state index < -0.39 is 0 Å². The van der Waals surface area contributed by atoms with Gasteiger partial charge >= 0.3 is 0 Å². The highest BCUT2D eigenvalue weighted by Crippen LogP contribution is 2.28. The van der Waals surface area contributed by atoms with Crippen LogP contribution in [0.15, 0.2) is 36.4 Å². The molecule has 0 unspecified atom stereocenters. The molecule has 5 nitrogen and oxygen atoms in total. The van der Waals surface area contributed by atoms with E-state index in [-0.39, 0.29) is 0 Å². The fourth-order valence-corrected chi connectivity index (χ4v) is 3.41. The van der Waals surface area contributed by atoms with Crippen molar-refractivity contribution >= 4 is 19.0 Å². The lowest BCUT2D eigenvalue weighted by molar-refractivity contribution is 0.249. The molecule has 1 fully saturated rings. The molecule has 1 heterocycles. The molecule has 0 saturated carbocycles. The minimum atomic E-state index is 0.773. The Labute approximate surface area is 156 Å². The summed E-state index contributed by atoms with van der Waals surface area (Å²) >= 11 is 0. The van der Waals surface area contributed by atoms with Crippen molar-refractivity contribution < 1.29 is 14.2 Å². The number of piperazine rings is 1. The third-order valence-corrected chi connectivity index (χ3v) is 4.98. The summed E-state index contributed by atoms with van der Waals surface area (Å²) in [5.74, 6) is 2.51. The van der Waals surface area contributed by atoms with Gasteiger partial charge in [0.05, 0.1) is 21.3 Å². The molecule has 0 radical (unpaired) electrons. The Kier molecular flexibility index (Phi) is 5.94. The summed E-state index contributed by atoms with van der Waals surface area (Å²) < 4.78 is 16.2. The van der Waals surface area contributed by atoms with Crippen LogP contribution in [0.3, 0.4) is 0 Å². The number of hydrogen-bond donors (Lipinski definition) is 0. The second-order valence-electron chi connectivity index (χ2n) is 6.61. The maximum atomic E-state index is 5.46. The van der Waals surface area contributed by atoms with Crippen LogP contribution in [0, 0.1) is 0 Å². The molecule has 138 valence electrons. The number of hydrogen-bond acceptors (Lipinski definition) is 5. The van der Waals surface area contributed by atoms with Crippen molar-refractivity contribution in [2.75, 3.05) is 52.4 Å². The molecule has 3 rings (SSSR count). The van der Waals surface area contributed by atoms with Gasteiger partial charge in [-0.1, -0.05) is 12.1 Å². The summed E-state index contributed by atoms with van der Waals surface area (Å²) in [4.78, 5) is 4.90. The van der Waals surface area contributed by atoms with E-state index in [2.05, 4.69) is 48.0 Å². The second kappa shape index (κ2) is 8.36. The number of ether oxygens (including phenoxy) is 3. The third-order valence-electron chi connectivity index (χ3n) is 4.98. The number of rotatable bonds is 6. The Morgan fingerprint density at radius 3 is 2.15 bits per heavy atom. The van der Waals surface area contributed by atoms with Gasteiger partial charge in [-0.05, 0) is 29.2 Å². The highest BCUT2D eigenvalue weighted by atomic mass is 16.5. The predicted octanol–water partition coefficient (Wildman–Crippen LogP) is 1.29. The van der Waals surface area contributed by atoms with Gasteiger partial charge in [-0.25, -0.2) is 0 Å². The van der Waals surface area contributed by atoms with Gasteiger partial charge < -0.3 is 19.1 Å². The molecular formula is C20H27BN2O3. The molecule has 0 atom stereocenters. The van der Waals surface area contributed by atoms with Crippen LogP contribution < -0.4 is 24.6 Å². The van der Waals surface area contributed by atoms with E-state index in [1.165, 1.54) is 16.7 Å². The SMILES string of the molecule is Bc1ccc(N2CCN(Cc3ccc(OC)c(OC)c3)CC2)cc1OC. The molecule has 0 bridgehead atoms. The van der Waals surface area contributed by atoms with Gasteiger partial charge in [0, 0.05) is 44.5 Å². The zero-order valence-electron chi connectivity index (χ0n) is 16.1. The topological polar surface area (TPSA) is 34.2 Å². The van der Waals surface area contributed by atoms with Crippen molar-refractivity contribution in [1.29, 1.82) is 0 Å². The first-order valence-corrected chi connectivity index (χ1v) is 8.97. The molecule has 1 aliphatic heterocycles. The first-order chi connectivity index (χ1) is 12.6. The first-order valence-electron chi connectivity index (χ1n) is 8.97. The maximum absolute atomic E-state index is 5.46. The van der Waals surface area contributed by atoms with Crippen molar-refractivity contribution in [3.8, 4) is 17.2 Å². The molecule has 6 heteroatoms. The average Bonchev–Trinajstić information content (AvgIpc) is 2.69. The number of benzene rings is 2. The Balaban J connectivity index is 1.60. The number of nitrogens with zero attached hydrogens (tertiary/aromatic N) is 2. The molecule has 0 aliphatic carbocycles. The Bertz CT molecular complexity index is 746. The van der Waals surface area contributed by atoms with Crippen LogP contribution >= 0.6 is 0 Å². The molecule has 26 heavy (non-hydrogen) atoms. The van der Waals surface area contributed by atoms with E-state index in [1.807, 2.05) is 6.07 Å². The van der Waals surface area contributed by atoms with Gasteiger partial charge in [0.2, 0.25) is 0 Å². The average molecular weight is 354 g/mol. The Hall–Kier alpha value is -2.34. The van der Waals surface area contributed by atoms with Crippen LogP contribution in [0.5, 0.6) is 17.2 Å². The lowest BCUT2D eigenvalue weighted by Crippen LogP contribution is -2.46. The van der Waals surface area contributed by atoms with Crippen LogP contribution in [0.4, 0.5) is 5.69 Å². The Morgan fingerprint density at radius 2 is 1.50 bits per heavy atom. The predicted molar refractivity (Wildman–Crippen MR) is 108 cm³/mol. The second-order valence-corrected chi connectivity index (χ2v) is 6.61. The standard InChI is InChI=1S/C20H27BN2O3/c1-24-18-7-4-15(12-20(18)26-3)14-22-8-10-23(11-9-22)16-5-6-17(21)19(13-16)25-2/h4-7,12-13H,8-11,14,21H2,1-3H3. The van der Waals surface area contributed by atoms with Gasteiger partial charge in [-0.3, -0.25) is 4.90 Å². The molecule has 1 aliphatic rings. The fraction of sp³-hybridized carbons (Fsp3) is 0.400. The third kappa shape index (κ3) is 4.07. The lowest BCUT2D eigenvalue weighted by Gasteiger charge is -2.36. The van der Waals surface area contributed by atoms with Gasteiger partial charge in [0.15, 0.2) is 11.5 Å². The zero-order chi connectivity index (χ0) is 18.5. The molecule has 1 saturated heterocycles. The maximum Gasteiger partial charge on any atom is 0.161 e. The molecule has 0 aromatic heterocycles. The fourth-order valence-electron chi connectivity index (χ4n) is 3.41. The quantitative estimate of drug-likeness (QED) is 0.731. The molecule has 2 aromatic rings. The van der Waals surface area contributed by atoms with Gasteiger partial charge in [-0.15, -0.1) is 0 Å².